The summed E-state index contributed by atoms with van der Waals surface area (Å²) in [6.07, 6.45) is 1.51. The lowest BCUT2D eigenvalue weighted by Gasteiger charge is -1.98. The van der Waals surface area contributed by atoms with Crippen LogP contribution in [0.1, 0.15) is 5.56 Å². The van der Waals surface area contributed by atoms with E-state index >= 15 is 0 Å². The standard InChI is InChI=1S/C10H7N3O/c1-6-3-2-4-7-9(6)10-8(12-11-7)5-14-13-10/h2-5H,1H3. The van der Waals surface area contributed by atoms with Crippen molar-refractivity contribution in [2.24, 2.45) is 0 Å². The number of hydrogen-bond donors (Lipinski definition) is 0. The maximum absolute atomic E-state index is 4.88. The quantitative estimate of drug-likeness (QED) is 0.538. The van der Waals surface area contributed by atoms with E-state index in [9.17, 15) is 0 Å². The molecule has 0 N–H and O–H groups in total. The summed E-state index contributed by atoms with van der Waals surface area (Å²) in [6.45, 7) is 2.03. The number of hydrogen-bond acceptors (Lipinski definition) is 4. The third-order valence-corrected chi connectivity index (χ3v) is 2.30. The Morgan fingerprint density at radius 3 is 2.93 bits per heavy atom. The summed E-state index contributed by atoms with van der Waals surface area (Å²) >= 11 is 0. The van der Waals surface area contributed by atoms with Crippen molar-refractivity contribution in [2.45, 2.75) is 6.92 Å². The van der Waals surface area contributed by atoms with Crippen LogP contribution in [0.4, 0.5) is 0 Å². The van der Waals surface area contributed by atoms with Gasteiger partial charge in [-0.3, -0.25) is 0 Å². The second-order valence-corrected chi connectivity index (χ2v) is 3.22. The van der Waals surface area contributed by atoms with Crippen molar-refractivity contribution in [1.82, 2.24) is 15.4 Å². The van der Waals surface area contributed by atoms with Gasteiger partial charge in [0.05, 0.1) is 5.52 Å². The molecule has 3 rings (SSSR count). The largest absolute Gasteiger partial charge is 0.362 e. The molecule has 0 radical (unpaired) electrons. The molecule has 4 nitrogen and oxygen atoms in total. The topological polar surface area (TPSA) is 51.8 Å². The number of benzene rings is 1. The molecule has 0 fully saturated rings. The molecule has 0 aliphatic rings. The summed E-state index contributed by atoms with van der Waals surface area (Å²) in [7, 11) is 0. The highest BCUT2D eigenvalue weighted by Crippen LogP contribution is 2.22. The fourth-order valence-electron chi connectivity index (χ4n) is 1.63. The van der Waals surface area contributed by atoms with Crippen molar-refractivity contribution < 1.29 is 4.52 Å². The van der Waals surface area contributed by atoms with Crippen molar-refractivity contribution in [3.05, 3.63) is 30.0 Å². The van der Waals surface area contributed by atoms with Crippen LogP contribution in [-0.4, -0.2) is 15.4 Å². The first-order valence-corrected chi connectivity index (χ1v) is 4.32. The zero-order valence-electron chi connectivity index (χ0n) is 7.56. The van der Waals surface area contributed by atoms with Gasteiger partial charge in [0, 0.05) is 5.39 Å². The Bertz CT molecular complexity index is 615. The Kier molecular flexibility index (Phi) is 1.33. The van der Waals surface area contributed by atoms with Crippen LogP contribution in [0.3, 0.4) is 0 Å². The molecule has 68 valence electrons. The number of aromatic nitrogens is 3. The lowest BCUT2D eigenvalue weighted by Crippen LogP contribution is -1.87. The van der Waals surface area contributed by atoms with Crippen LogP contribution < -0.4 is 0 Å². The van der Waals surface area contributed by atoms with Crippen molar-refractivity contribution in [1.29, 1.82) is 0 Å². The lowest BCUT2D eigenvalue weighted by atomic mass is 10.1. The Labute approximate surface area is 79.5 Å². The minimum Gasteiger partial charge on any atom is -0.362 e. The van der Waals surface area contributed by atoms with Crippen molar-refractivity contribution in [2.75, 3.05) is 0 Å². The van der Waals surface area contributed by atoms with Crippen LogP contribution in [0, 0.1) is 6.92 Å². The Hall–Kier alpha value is -1.97. The van der Waals surface area contributed by atoms with Crippen LogP contribution in [0.5, 0.6) is 0 Å². The number of nitrogens with zero attached hydrogens (tertiary/aromatic N) is 3. The molecule has 0 saturated heterocycles. The molecule has 0 unspecified atom stereocenters. The Balaban J connectivity index is 2.67. The van der Waals surface area contributed by atoms with Crippen LogP contribution in [0.2, 0.25) is 0 Å². The summed E-state index contributed by atoms with van der Waals surface area (Å²) in [5, 5.41) is 13.0. The molecule has 4 heteroatoms. The second kappa shape index (κ2) is 2.51. The Morgan fingerprint density at radius 2 is 2.00 bits per heavy atom. The number of aryl methyl sites for hydroxylation is 1. The van der Waals surface area contributed by atoms with E-state index < -0.39 is 0 Å². The van der Waals surface area contributed by atoms with Gasteiger partial charge in [0.15, 0.2) is 11.8 Å². The normalized spacial score (nSPS) is 11.2. The van der Waals surface area contributed by atoms with E-state index in [0.717, 1.165) is 22.0 Å². The predicted octanol–water partition coefficient (Wildman–Crippen LogP) is 2.08. The smallest absolute Gasteiger partial charge is 0.153 e. The molecule has 0 spiro atoms. The Morgan fingerprint density at radius 1 is 1.14 bits per heavy atom. The van der Waals surface area contributed by atoms with E-state index in [1.165, 1.54) is 6.26 Å². The molecule has 2 aromatic heterocycles. The molecule has 0 saturated carbocycles. The van der Waals surface area contributed by atoms with Gasteiger partial charge in [-0.25, -0.2) is 0 Å². The van der Waals surface area contributed by atoms with Gasteiger partial charge >= 0.3 is 0 Å². The van der Waals surface area contributed by atoms with E-state index in [2.05, 4.69) is 15.4 Å². The average molecular weight is 185 g/mol. The van der Waals surface area contributed by atoms with Crippen molar-refractivity contribution in [3.63, 3.8) is 0 Å². The van der Waals surface area contributed by atoms with Crippen LogP contribution in [0.15, 0.2) is 29.0 Å². The summed E-state index contributed by atoms with van der Waals surface area (Å²) in [5.74, 6) is 0. The number of fused-ring (bicyclic) bond motifs is 3. The third-order valence-electron chi connectivity index (χ3n) is 2.30. The van der Waals surface area contributed by atoms with Crippen LogP contribution in [0.25, 0.3) is 21.9 Å². The monoisotopic (exact) mass is 185 g/mol. The molecular formula is C10H7N3O. The van der Waals surface area contributed by atoms with E-state index in [1.54, 1.807) is 0 Å². The van der Waals surface area contributed by atoms with Gasteiger partial charge < -0.3 is 4.52 Å². The molecular weight excluding hydrogens is 178 g/mol. The highest BCUT2D eigenvalue weighted by atomic mass is 16.5. The minimum absolute atomic E-state index is 0.701. The summed E-state index contributed by atoms with van der Waals surface area (Å²) in [5.41, 5.74) is 3.47. The van der Waals surface area contributed by atoms with Crippen molar-refractivity contribution in [3.8, 4) is 0 Å². The first-order valence-electron chi connectivity index (χ1n) is 4.32. The fraction of sp³-hybridized carbons (Fsp3) is 0.100. The van der Waals surface area contributed by atoms with Crippen LogP contribution >= 0.6 is 0 Å². The van der Waals surface area contributed by atoms with Gasteiger partial charge in [0.25, 0.3) is 0 Å². The minimum atomic E-state index is 0.701. The van der Waals surface area contributed by atoms with Gasteiger partial charge in [-0.2, -0.15) is 0 Å². The third kappa shape index (κ3) is 0.849. The molecule has 1 aromatic carbocycles. The number of rotatable bonds is 0. The molecule has 0 bridgehead atoms. The molecule has 3 aromatic rings. The molecule has 2 heterocycles. The highest BCUT2D eigenvalue weighted by molar-refractivity contribution is 6.02. The van der Waals surface area contributed by atoms with Gasteiger partial charge in [-0.1, -0.05) is 17.3 Å². The van der Waals surface area contributed by atoms with E-state index in [1.807, 2.05) is 25.1 Å². The van der Waals surface area contributed by atoms with Gasteiger partial charge in [0.1, 0.15) is 5.52 Å². The maximum Gasteiger partial charge on any atom is 0.153 e. The first kappa shape index (κ1) is 7.44. The zero-order chi connectivity index (χ0) is 9.54. The summed E-state index contributed by atoms with van der Waals surface area (Å²) in [4.78, 5) is 0. The predicted molar refractivity (Wildman–Crippen MR) is 51.8 cm³/mol. The molecule has 0 atom stereocenters. The fourth-order valence-corrected chi connectivity index (χ4v) is 1.63. The van der Waals surface area contributed by atoms with E-state index in [0.29, 0.717) is 5.52 Å². The second-order valence-electron chi connectivity index (χ2n) is 3.22. The maximum atomic E-state index is 4.88. The first-order chi connectivity index (χ1) is 6.86. The van der Waals surface area contributed by atoms with Crippen molar-refractivity contribution >= 4 is 21.9 Å². The lowest BCUT2D eigenvalue weighted by molar-refractivity contribution is 0.428. The molecule has 14 heavy (non-hydrogen) atoms. The van der Waals surface area contributed by atoms with Gasteiger partial charge in [-0.15, -0.1) is 10.2 Å². The SMILES string of the molecule is Cc1cccc2nnc3conc3c12. The van der Waals surface area contributed by atoms with E-state index in [4.69, 9.17) is 4.52 Å². The zero-order valence-corrected chi connectivity index (χ0v) is 7.56. The highest BCUT2D eigenvalue weighted by Gasteiger charge is 2.08. The van der Waals surface area contributed by atoms with Gasteiger partial charge in [0.2, 0.25) is 0 Å². The summed E-state index contributed by atoms with van der Waals surface area (Å²) in [6, 6.07) is 5.90. The molecule has 0 aliphatic carbocycles. The van der Waals surface area contributed by atoms with Crippen LogP contribution in [-0.2, 0) is 0 Å². The summed E-state index contributed by atoms with van der Waals surface area (Å²) < 4.78 is 4.88. The average Bonchev–Trinajstić information content (AvgIpc) is 2.65. The molecule has 0 amide bonds. The van der Waals surface area contributed by atoms with E-state index in [-0.39, 0.29) is 0 Å². The molecule has 0 aliphatic heterocycles. The van der Waals surface area contributed by atoms with Gasteiger partial charge in [-0.05, 0) is 18.6 Å².